The van der Waals surface area contributed by atoms with Crippen molar-refractivity contribution < 1.29 is 4.79 Å². The number of benzene rings is 1. The molecular formula is C14H19BrN2O. The third kappa shape index (κ3) is 2.75. The van der Waals surface area contributed by atoms with Crippen LogP contribution in [-0.4, -0.2) is 19.0 Å². The van der Waals surface area contributed by atoms with Crippen LogP contribution in [0.2, 0.25) is 0 Å². The number of nitrogens with one attached hydrogen (secondary N) is 1. The number of nitrogens with two attached hydrogens (primary N) is 1. The van der Waals surface area contributed by atoms with Gasteiger partial charge in [-0.25, -0.2) is 0 Å². The molecule has 1 amide bonds. The third-order valence-corrected chi connectivity index (χ3v) is 4.39. The van der Waals surface area contributed by atoms with Gasteiger partial charge in [-0.3, -0.25) is 4.79 Å². The molecule has 0 bridgehead atoms. The summed E-state index contributed by atoms with van der Waals surface area (Å²) in [7, 11) is 0. The minimum atomic E-state index is -0.111. The molecule has 0 aromatic heterocycles. The molecule has 1 unspecified atom stereocenters. The number of amides is 1. The summed E-state index contributed by atoms with van der Waals surface area (Å²) in [5.41, 5.74) is 6.92. The molecule has 1 aromatic carbocycles. The second kappa shape index (κ2) is 5.41. The van der Waals surface area contributed by atoms with E-state index in [2.05, 4.69) is 33.4 Å². The van der Waals surface area contributed by atoms with Gasteiger partial charge in [0.25, 0.3) is 0 Å². The number of hydrogen-bond donors (Lipinski definition) is 2. The lowest BCUT2D eigenvalue weighted by Gasteiger charge is -2.19. The molecule has 1 aliphatic carbocycles. The van der Waals surface area contributed by atoms with Crippen molar-refractivity contribution in [3.63, 3.8) is 0 Å². The van der Waals surface area contributed by atoms with Crippen molar-refractivity contribution in [2.24, 2.45) is 11.7 Å². The van der Waals surface area contributed by atoms with Gasteiger partial charge in [0.1, 0.15) is 0 Å². The summed E-state index contributed by atoms with van der Waals surface area (Å²) < 4.78 is 1.13. The van der Waals surface area contributed by atoms with Gasteiger partial charge in [-0.05, 0) is 24.5 Å². The highest BCUT2D eigenvalue weighted by Crippen LogP contribution is 2.49. The van der Waals surface area contributed by atoms with Crippen LogP contribution >= 0.6 is 15.9 Å². The number of halogens is 1. The molecule has 1 aromatic rings. The Hall–Kier alpha value is -0.870. The minimum absolute atomic E-state index is 0.0517. The summed E-state index contributed by atoms with van der Waals surface area (Å²) in [4.78, 5) is 11.8. The zero-order chi connectivity index (χ0) is 13.2. The fourth-order valence-corrected chi connectivity index (χ4v) is 2.83. The van der Waals surface area contributed by atoms with E-state index < -0.39 is 0 Å². The van der Waals surface area contributed by atoms with E-state index in [1.165, 1.54) is 5.56 Å². The van der Waals surface area contributed by atoms with E-state index >= 15 is 0 Å². The van der Waals surface area contributed by atoms with Crippen LogP contribution in [0.4, 0.5) is 0 Å². The van der Waals surface area contributed by atoms with E-state index in [4.69, 9.17) is 5.73 Å². The van der Waals surface area contributed by atoms with Crippen LogP contribution in [0, 0.1) is 5.92 Å². The van der Waals surface area contributed by atoms with Crippen LogP contribution < -0.4 is 11.1 Å². The SMILES string of the molecule is CC(CN)C(=O)NCC1(c2ccccc2Br)CC1. The number of rotatable bonds is 5. The van der Waals surface area contributed by atoms with Crippen molar-refractivity contribution in [2.75, 3.05) is 13.1 Å². The Morgan fingerprint density at radius 3 is 2.72 bits per heavy atom. The van der Waals surface area contributed by atoms with Crippen LogP contribution in [0.3, 0.4) is 0 Å². The number of carbonyl (C=O) groups is 1. The molecule has 98 valence electrons. The van der Waals surface area contributed by atoms with Crippen LogP contribution in [0.15, 0.2) is 28.7 Å². The highest BCUT2D eigenvalue weighted by atomic mass is 79.9. The van der Waals surface area contributed by atoms with Crippen LogP contribution in [0.1, 0.15) is 25.3 Å². The van der Waals surface area contributed by atoms with E-state index in [0.29, 0.717) is 13.1 Å². The first kappa shape index (κ1) is 13.6. The Morgan fingerprint density at radius 1 is 1.50 bits per heavy atom. The molecule has 0 spiro atoms. The second-order valence-corrected chi connectivity index (χ2v) is 5.97. The molecule has 18 heavy (non-hydrogen) atoms. The fraction of sp³-hybridized carbons (Fsp3) is 0.500. The predicted molar refractivity (Wildman–Crippen MR) is 76.3 cm³/mol. The van der Waals surface area contributed by atoms with Crippen molar-refractivity contribution in [2.45, 2.75) is 25.2 Å². The maximum atomic E-state index is 11.8. The molecule has 0 saturated heterocycles. The zero-order valence-corrected chi connectivity index (χ0v) is 12.2. The molecule has 1 atom stereocenters. The van der Waals surface area contributed by atoms with Crippen LogP contribution in [-0.2, 0) is 10.2 Å². The van der Waals surface area contributed by atoms with E-state index in [-0.39, 0.29) is 17.2 Å². The van der Waals surface area contributed by atoms with Crippen molar-refractivity contribution >= 4 is 21.8 Å². The lowest BCUT2D eigenvalue weighted by atomic mass is 9.95. The van der Waals surface area contributed by atoms with Crippen LogP contribution in [0.5, 0.6) is 0 Å². The van der Waals surface area contributed by atoms with E-state index in [0.717, 1.165) is 17.3 Å². The zero-order valence-electron chi connectivity index (χ0n) is 10.6. The molecule has 3 N–H and O–H groups in total. The minimum Gasteiger partial charge on any atom is -0.355 e. The van der Waals surface area contributed by atoms with Gasteiger partial charge < -0.3 is 11.1 Å². The largest absolute Gasteiger partial charge is 0.355 e. The molecule has 1 fully saturated rings. The maximum Gasteiger partial charge on any atom is 0.224 e. The van der Waals surface area contributed by atoms with Gasteiger partial charge in [0.15, 0.2) is 0 Å². The third-order valence-electron chi connectivity index (χ3n) is 3.70. The smallest absolute Gasteiger partial charge is 0.224 e. The summed E-state index contributed by atoms with van der Waals surface area (Å²) in [6.07, 6.45) is 2.26. The van der Waals surface area contributed by atoms with Crippen LogP contribution in [0.25, 0.3) is 0 Å². The Morgan fingerprint density at radius 2 is 2.17 bits per heavy atom. The molecule has 1 saturated carbocycles. The van der Waals surface area contributed by atoms with Gasteiger partial charge in [-0.2, -0.15) is 0 Å². The van der Waals surface area contributed by atoms with E-state index in [9.17, 15) is 4.79 Å². The normalized spacial score (nSPS) is 18.2. The van der Waals surface area contributed by atoms with Gasteiger partial charge in [0.05, 0.1) is 0 Å². The first-order chi connectivity index (χ1) is 8.59. The molecule has 1 aliphatic rings. The molecule has 0 aliphatic heterocycles. The molecule has 3 nitrogen and oxygen atoms in total. The van der Waals surface area contributed by atoms with Crippen molar-refractivity contribution in [3.8, 4) is 0 Å². The fourth-order valence-electron chi connectivity index (χ4n) is 2.12. The Labute approximate surface area is 116 Å². The Kier molecular flexibility index (Phi) is 4.07. The van der Waals surface area contributed by atoms with Crippen molar-refractivity contribution in [1.82, 2.24) is 5.32 Å². The monoisotopic (exact) mass is 310 g/mol. The molecule has 0 heterocycles. The lowest BCUT2D eigenvalue weighted by molar-refractivity contribution is -0.124. The number of hydrogen-bond acceptors (Lipinski definition) is 2. The van der Waals surface area contributed by atoms with Gasteiger partial charge in [-0.15, -0.1) is 0 Å². The van der Waals surface area contributed by atoms with Crippen molar-refractivity contribution in [3.05, 3.63) is 34.3 Å². The quantitative estimate of drug-likeness (QED) is 0.876. The molecule has 2 rings (SSSR count). The van der Waals surface area contributed by atoms with Gasteiger partial charge in [-0.1, -0.05) is 41.1 Å². The summed E-state index contributed by atoms with van der Waals surface area (Å²) in [6.45, 7) is 2.96. The molecule has 0 radical (unpaired) electrons. The van der Waals surface area contributed by atoms with Crippen molar-refractivity contribution in [1.29, 1.82) is 0 Å². The highest BCUT2D eigenvalue weighted by molar-refractivity contribution is 9.10. The van der Waals surface area contributed by atoms with Gasteiger partial charge >= 0.3 is 0 Å². The lowest BCUT2D eigenvalue weighted by Crippen LogP contribution is -2.38. The standard InChI is InChI=1S/C14H19BrN2O/c1-10(8-16)13(18)17-9-14(6-7-14)11-4-2-3-5-12(11)15/h2-5,10H,6-9,16H2,1H3,(H,17,18). The Bertz CT molecular complexity index is 443. The average Bonchev–Trinajstić information content (AvgIpc) is 3.16. The summed E-state index contributed by atoms with van der Waals surface area (Å²) in [5.74, 6) is -0.0594. The Balaban J connectivity index is 2.01. The van der Waals surface area contributed by atoms with E-state index in [1.54, 1.807) is 0 Å². The first-order valence-electron chi connectivity index (χ1n) is 6.32. The molecule has 4 heteroatoms. The van der Waals surface area contributed by atoms with E-state index in [1.807, 2.05) is 19.1 Å². The topological polar surface area (TPSA) is 55.1 Å². The van der Waals surface area contributed by atoms with Gasteiger partial charge in [0, 0.05) is 28.9 Å². The molecular weight excluding hydrogens is 292 g/mol. The van der Waals surface area contributed by atoms with Gasteiger partial charge in [0.2, 0.25) is 5.91 Å². The summed E-state index contributed by atoms with van der Waals surface area (Å²) >= 11 is 3.59. The first-order valence-corrected chi connectivity index (χ1v) is 7.11. The maximum absolute atomic E-state index is 11.8. The second-order valence-electron chi connectivity index (χ2n) is 5.11. The predicted octanol–water partition coefficient (Wildman–Crippen LogP) is 2.19. The highest BCUT2D eigenvalue weighted by Gasteiger charge is 2.45. The summed E-state index contributed by atoms with van der Waals surface area (Å²) in [6, 6.07) is 8.25. The number of carbonyl (C=O) groups excluding carboxylic acids is 1. The average molecular weight is 311 g/mol. The summed E-state index contributed by atoms with van der Waals surface area (Å²) in [5, 5.41) is 3.02.